The van der Waals surface area contributed by atoms with Gasteiger partial charge in [0.15, 0.2) is 0 Å². The van der Waals surface area contributed by atoms with Crippen molar-refractivity contribution in [3.05, 3.63) is 0 Å². The summed E-state index contributed by atoms with van der Waals surface area (Å²) in [6.45, 7) is 4.20. The van der Waals surface area contributed by atoms with E-state index in [-0.39, 0.29) is 13.2 Å². The van der Waals surface area contributed by atoms with Gasteiger partial charge in [-0.3, -0.25) is 9.05 Å². The molecule has 1 fully saturated rings. The fraction of sp³-hybridized carbons (Fsp3) is 1.00. The zero-order chi connectivity index (χ0) is 17.7. The van der Waals surface area contributed by atoms with Gasteiger partial charge in [-0.2, -0.15) is 0 Å². The molecule has 1 aliphatic heterocycles. The molecule has 0 aliphatic carbocycles. The van der Waals surface area contributed by atoms with Crippen LogP contribution in [0.4, 0.5) is 0 Å². The van der Waals surface area contributed by atoms with Crippen LogP contribution in [0.15, 0.2) is 0 Å². The van der Waals surface area contributed by atoms with Crippen molar-refractivity contribution in [2.45, 2.75) is 83.1 Å². The lowest BCUT2D eigenvalue weighted by molar-refractivity contribution is 0.0359. The van der Waals surface area contributed by atoms with Crippen molar-refractivity contribution in [1.29, 1.82) is 0 Å². The third-order valence-electron chi connectivity index (χ3n) is 4.39. The summed E-state index contributed by atoms with van der Waals surface area (Å²) >= 11 is 0. The van der Waals surface area contributed by atoms with Crippen LogP contribution in [0.25, 0.3) is 0 Å². The molecule has 1 heterocycles. The lowest BCUT2D eigenvalue weighted by Gasteiger charge is -2.34. The molecule has 7 heteroatoms. The Balaban J connectivity index is 1.85. The second-order valence-corrected chi connectivity index (χ2v) is 8.38. The molecule has 0 radical (unpaired) electrons. The Kier molecular flexibility index (Phi) is 11.4. The predicted octanol–water partition coefficient (Wildman–Crippen LogP) is 4.16. The molecule has 0 aromatic heterocycles. The van der Waals surface area contributed by atoms with E-state index in [4.69, 9.17) is 24.4 Å². The minimum absolute atomic E-state index is 0.0936. The molecule has 0 spiro atoms. The van der Waals surface area contributed by atoms with Crippen molar-refractivity contribution in [3.8, 4) is 0 Å². The van der Waals surface area contributed by atoms with Crippen LogP contribution in [-0.2, 0) is 18.3 Å². The summed E-state index contributed by atoms with van der Waals surface area (Å²) in [5.74, 6) is 0. The molecule has 6 nitrogen and oxygen atoms in total. The lowest BCUT2D eigenvalue weighted by Crippen LogP contribution is -2.50. The fourth-order valence-corrected chi connectivity index (χ4v) is 3.68. The molecule has 0 bridgehead atoms. The van der Waals surface area contributed by atoms with Gasteiger partial charge in [-0.05, 0) is 19.3 Å². The predicted molar refractivity (Wildman–Crippen MR) is 95.9 cm³/mol. The summed E-state index contributed by atoms with van der Waals surface area (Å²) in [6.07, 6.45) is 12.7. The standard InChI is InChI=1S/C17H36NO5P/c1-2-3-4-10-13-21-14-11-8-6-5-7-9-12-17(18)15-22-24(19,20)23-16-17/h2-16,18H2,1H3,(H,19,20). The van der Waals surface area contributed by atoms with Crippen LogP contribution >= 0.6 is 7.82 Å². The molecule has 0 aromatic rings. The largest absolute Gasteiger partial charge is 0.472 e. The maximum atomic E-state index is 11.2. The summed E-state index contributed by atoms with van der Waals surface area (Å²) in [5, 5.41) is 0. The highest BCUT2D eigenvalue weighted by Crippen LogP contribution is 2.47. The fourth-order valence-electron chi connectivity index (χ4n) is 2.76. The number of hydrogen-bond donors (Lipinski definition) is 2. The third kappa shape index (κ3) is 10.8. The highest BCUT2D eigenvalue weighted by atomic mass is 31.2. The van der Waals surface area contributed by atoms with Crippen molar-refractivity contribution in [2.75, 3.05) is 26.4 Å². The van der Waals surface area contributed by atoms with Gasteiger partial charge in [0, 0.05) is 13.2 Å². The molecular weight excluding hydrogens is 329 g/mol. The molecule has 0 amide bonds. The molecule has 0 atom stereocenters. The van der Waals surface area contributed by atoms with E-state index in [9.17, 15) is 4.57 Å². The van der Waals surface area contributed by atoms with Crippen LogP contribution in [0.1, 0.15) is 77.6 Å². The smallest absolute Gasteiger partial charge is 0.381 e. The Bertz CT molecular complexity index is 355. The van der Waals surface area contributed by atoms with Gasteiger partial charge in [0.25, 0.3) is 0 Å². The summed E-state index contributed by atoms with van der Waals surface area (Å²) in [6, 6.07) is 0. The molecule has 3 N–H and O–H groups in total. The Morgan fingerprint density at radius 1 is 0.958 bits per heavy atom. The molecule has 1 rings (SSSR count). The van der Waals surface area contributed by atoms with Gasteiger partial charge in [-0.1, -0.05) is 58.3 Å². The first-order chi connectivity index (χ1) is 11.5. The summed E-state index contributed by atoms with van der Waals surface area (Å²) in [7, 11) is -3.83. The van der Waals surface area contributed by atoms with Crippen molar-refractivity contribution >= 4 is 7.82 Å². The molecule has 0 saturated carbocycles. The summed E-state index contributed by atoms with van der Waals surface area (Å²) in [5.41, 5.74) is 5.50. The second-order valence-electron chi connectivity index (χ2n) is 6.92. The first kappa shape index (κ1) is 22.1. The van der Waals surface area contributed by atoms with E-state index < -0.39 is 13.4 Å². The van der Waals surface area contributed by atoms with Gasteiger partial charge >= 0.3 is 7.82 Å². The van der Waals surface area contributed by atoms with Gasteiger partial charge in [0.05, 0.1) is 18.8 Å². The van der Waals surface area contributed by atoms with Gasteiger partial charge < -0.3 is 15.4 Å². The van der Waals surface area contributed by atoms with Crippen molar-refractivity contribution < 1.29 is 23.2 Å². The summed E-state index contributed by atoms with van der Waals surface area (Å²) < 4.78 is 26.4. The molecule has 0 aromatic carbocycles. The Morgan fingerprint density at radius 3 is 2.04 bits per heavy atom. The van der Waals surface area contributed by atoms with Crippen LogP contribution in [0, 0.1) is 0 Å². The number of nitrogens with two attached hydrogens (primary N) is 1. The highest BCUT2D eigenvalue weighted by Gasteiger charge is 2.38. The van der Waals surface area contributed by atoms with E-state index >= 15 is 0 Å². The SMILES string of the molecule is CCCCCCOCCCCCCCCC1(N)COP(=O)(O)OC1. The van der Waals surface area contributed by atoms with E-state index in [1.807, 2.05) is 0 Å². The van der Waals surface area contributed by atoms with Gasteiger partial charge in [-0.25, -0.2) is 4.57 Å². The van der Waals surface area contributed by atoms with E-state index in [1.54, 1.807) is 0 Å². The number of unbranched alkanes of at least 4 members (excludes halogenated alkanes) is 8. The average molecular weight is 365 g/mol. The molecule has 1 saturated heterocycles. The maximum Gasteiger partial charge on any atom is 0.472 e. The van der Waals surface area contributed by atoms with Crippen LogP contribution < -0.4 is 5.73 Å². The van der Waals surface area contributed by atoms with Gasteiger partial charge in [-0.15, -0.1) is 0 Å². The normalized spacial score (nSPS) is 27.5. The Hall–Kier alpha value is 0.0300. The summed E-state index contributed by atoms with van der Waals surface area (Å²) in [4.78, 5) is 9.14. The monoisotopic (exact) mass is 365 g/mol. The van der Waals surface area contributed by atoms with Crippen molar-refractivity contribution in [1.82, 2.24) is 0 Å². The van der Waals surface area contributed by atoms with E-state index in [1.165, 1.54) is 44.9 Å². The lowest BCUT2D eigenvalue weighted by atomic mass is 9.95. The van der Waals surface area contributed by atoms with E-state index in [2.05, 4.69) is 6.92 Å². The van der Waals surface area contributed by atoms with Crippen LogP contribution in [0.2, 0.25) is 0 Å². The molecule has 24 heavy (non-hydrogen) atoms. The van der Waals surface area contributed by atoms with E-state index in [0.717, 1.165) is 38.9 Å². The Labute approximate surface area is 147 Å². The quantitative estimate of drug-likeness (QED) is 0.355. The number of phosphoric acid groups is 1. The number of rotatable bonds is 14. The molecule has 144 valence electrons. The van der Waals surface area contributed by atoms with Crippen LogP contribution in [0.5, 0.6) is 0 Å². The molecular formula is C17H36NO5P. The number of ether oxygens (including phenoxy) is 1. The zero-order valence-electron chi connectivity index (χ0n) is 15.2. The van der Waals surface area contributed by atoms with Crippen molar-refractivity contribution in [2.24, 2.45) is 5.73 Å². The average Bonchev–Trinajstić information content (AvgIpc) is 2.55. The third-order valence-corrected chi connectivity index (χ3v) is 5.30. The minimum atomic E-state index is -3.83. The second kappa shape index (κ2) is 12.4. The minimum Gasteiger partial charge on any atom is -0.381 e. The van der Waals surface area contributed by atoms with E-state index in [0.29, 0.717) is 0 Å². The Morgan fingerprint density at radius 2 is 1.46 bits per heavy atom. The first-order valence-corrected chi connectivity index (χ1v) is 11.0. The van der Waals surface area contributed by atoms with Gasteiger partial charge in [0.2, 0.25) is 0 Å². The maximum absolute atomic E-state index is 11.2. The topological polar surface area (TPSA) is 91.0 Å². The highest BCUT2D eigenvalue weighted by molar-refractivity contribution is 7.47. The van der Waals surface area contributed by atoms with Crippen LogP contribution in [-0.4, -0.2) is 36.9 Å². The first-order valence-electron chi connectivity index (χ1n) is 9.46. The van der Waals surface area contributed by atoms with Crippen molar-refractivity contribution in [3.63, 3.8) is 0 Å². The van der Waals surface area contributed by atoms with Crippen LogP contribution in [0.3, 0.4) is 0 Å². The molecule has 1 aliphatic rings. The van der Waals surface area contributed by atoms with Gasteiger partial charge in [0.1, 0.15) is 0 Å². The zero-order valence-corrected chi connectivity index (χ0v) is 16.1. The number of hydrogen-bond acceptors (Lipinski definition) is 5. The molecule has 0 unspecified atom stereocenters. The number of phosphoric ester groups is 1.